The van der Waals surface area contributed by atoms with E-state index in [2.05, 4.69) is 0 Å². The van der Waals surface area contributed by atoms with Gasteiger partial charge >= 0.3 is 53.9 Å². The fourth-order valence-corrected chi connectivity index (χ4v) is 3.29. The molecule has 0 aromatic carbocycles. The van der Waals surface area contributed by atoms with Crippen LogP contribution in [0.15, 0.2) is 0 Å². The quantitative estimate of drug-likeness (QED) is 0.298. The van der Waals surface area contributed by atoms with E-state index < -0.39 is 105 Å². The molecule has 0 amide bonds. The summed E-state index contributed by atoms with van der Waals surface area (Å²) in [5.41, 5.74) is 0. The van der Waals surface area contributed by atoms with Crippen LogP contribution in [0.5, 0.6) is 0 Å². The Morgan fingerprint density at radius 3 is 1.28 bits per heavy atom. The second kappa shape index (κ2) is 10.5. The third kappa shape index (κ3) is 6.39. The highest BCUT2D eigenvalue weighted by atomic mass is 19.4. The maximum Gasteiger partial charge on any atom is 0.460 e. The molecule has 39 heavy (non-hydrogen) atoms. The lowest BCUT2D eigenvalue weighted by molar-refractivity contribution is -0.397. The molecular formula is C17H16F18N2O2. The number of carboxylic acid groups (broad SMARTS) is 1. The van der Waals surface area contributed by atoms with Crippen LogP contribution in [0, 0.1) is 0 Å². The standard InChI is InChI=1S/C17H16F18N2O2/c18-10(19,12(22,23)14(26,27)16(30,31)32)1-3-36-5-6-37(8(7-36)9(38)39)4-2-11(20,21)13(24,25)15(28,29)17(33,34)35/h8H,1-7H2,(H,38,39). The molecule has 1 heterocycles. The van der Waals surface area contributed by atoms with Crippen molar-refractivity contribution in [2.45, 2.75) is 66.8 Å². The monoisotopic (exact) mass is 622 g/mol. The van der Waals surface area contributed by atoms with Gasteiger partial charge in [-0.15, -0.1) is 0 Å². The number of piperazine rings is 1. The normalized spacial score (nSPS) is 20.4. The van der Waals surface area contributed by atoms with Gasteiger partial charge in [0.05, 0.1) is 0 Å². The average Bonchev–Trinajstić information content (AvgIpc) is 2.74. The van der Waals surface area contributed by atoms with Gasteiger partial charge in [0.25, 0.3) is 0 Å². The maximum absolute atomic E-state index is 13.7. The van der Waals surface area contributed by atoms with Crippen molar-refractivity contribution in [3.63, 3.8) is 0 Å². The van der Waals surface area contributed by atoms with E-state index in [0.717, 1.165) is 0 Å². The van der Waals surface area contributed by atoms with Crippen molar-refractivity contribution in [3.05, 3.63) is 0 Å². The number of halogens is 18. The molecule has 0 spiro atoms. The molecule has 1 unspecified atom stereocenters. The molecule has 1 aliphatic rings. The minimum absolute atomic E-state index is 0.305. The van der Waals surface area contributed by atoms with Crippen LogP contribution < -0.4 is 0 Å². The SMILES string of the molecule is O=C(O)C1CN(CCC(F)(F)C(F)(F)C(F)(F)C(F)(F)F)CCN1CCC(F)(F)C(F)(F)C(F)(F)C(F)(F)F. The second-order valence-electron chi connectivity index (χ2n) is 8.39. The summed E-state index contributed by atoms with van der Waals surface area (Å²) >= 11 is 0. The predicted molar refractivity (Wildman–Crippen MR) is 90.5 cm³/mol. The van der Waals surface area contributed by atoms with Gasteiger partial charge in [-0.25, -0.2) is 0 Å². The molecule has 1 N–H and O–H groups in total. The first kappa shape index (κ1) is 35.2. The number of carboxylic acids is 1. The Kier molecular flexibility index (Phi) is 9.48. The van der Waals surface area contributed by atoms with Crippen molar-refractivity contribution in [2.24, 2.45) is 0 Å². The van der Waals surface area contributed by atoms with Crippen molar-refractivity contribution >= 4 is 5.97 Å². The maximum atomic E-state index is 13.7. The first-order valence-electron chi connectivity index (χ1n) is 10.1. The van der Waals surface area contributed by atoms with Crippen molar-refractivity contribution in [2.75, 3.05) is 32.7 Å². The van der Waals surface area contributed by atoms with Gasteiger partial charge in [0.2, 0.25) is 0 Å². The summed E-state index contributed by atoms with van der Waals surface area (Å²) in [7, 11) is 0. The Bertz CT molecular complexity index is 869. The van der Waals surface area contributed by atoms with Crippen molar-refractivity contribution < 1.29 is 88.9 Å². The van der Waals surface area contributed by atoms with Crippen LogP contribution in [0.4, 0.5) is 79.0 Å². The summed E-state index contributed by atoms with van der Waals surface area (Å²) in [5.74, 6) is -42.5. The Morgan fingerprint density at radius 1 is 0.590 bits per heavy atom. The van der Waals surface area contributed by atoms with Gasteiger partial charge in [-0.2, -0.15) is 79.0 Å². The third-order valence-corrected chi connectivity index (χ3v) is 5.73. The smallest absolute Gasteiger partial charge is 0.460 e. The number of aliphatic carboxylic acids is 1. The Hall–Kier alpha value is -1.87. The molecule has 0 saturated carbocycles. The van der Waals surface area contributed by atoms with Gasteiger partial charge < -0.3 is 5.11 Å². The van der Waals surface area contributed by atoms with Gasteiger partial charge in [0.1, 0.15) is 6.04 Å². The fraction of sp³-hybridized carbons (Fsp3) is 0.941. The van der Waals surface area contributed by atoms with Crippen LogP contribution in [0.2, 0.25) is 0 Å². The summed E-state index contributed by atoms with van der Waals surface area (Å²) in [6.45, 7) is -5.92. The predicted octanol–water partition coefficient (Wildman–Crippen LogP) is 5.77. The Labute approximate surface area is 205 Å². The van der Waals surface area contributed by atoms with Crippen molar-refractivity contribution in [1.82, 2.24) is 9.80 Å². The van der Waals surface area contributed by atoms with E-state index in [-0.39, 0.29) is 0 Å². The fourth-order valence-electron chi connectivity index (χ4n) is 3.29. The number of alkyl halides is 18. The van der Waals surface area contributed by atoms with Crippen LogP contribution in [-0.4, -0.2) is 108 Å². The van der Waals surface area contributed by atoms with E-state index >= 15 is 0 Å². The molecule has 0 aromatic rings. The molecule has 1 aliphatic heterocycles. The van der Waals surface area contributed by atoms with Gasteiger partial charge in [-0.05, 0) is 0 Å². The zero-order chi connectivity index (χ0) is 31.3. The third-order valence-electron chi connectivity index (χ3n) is 5.73. The lowest BCUT2D eigenvalue weighted by atomic mass is 9.99. The van der Waals surface area contributed by atoms with Crippen LogP contribution in [0.3, 0.4) is 0 Å². The molecule has 22 heteroatoms. The highest BCUT2D eigenvalue weighted by Crippen LogP contribution is 2.55. The zero-order valence-electron chi connectivity index (χ0n) is 18.6. The number of hydrogen-bond donors (Lipinski definition) is 1. The van der Waals surface area contributed by atoms with E-state index in [1.807, 2.05) is 0 Å². The zero-order valence-corrected chi connectivity index (χ0v) is 18.6. The summed E-state index contributed by atoms with van der Waals surface area (Å²) < 4.78 is 233. The molecule has 0 radical (unpaired) electrons. The molecule has 1 fully saturated rings. The van der Waals surface area contributed by atoms with Gasteiger partial charge in [0, 0.05) is 45.6 Å². The Balaban J connectivity index is 2.96. The highest BCUT2D eigenvalue weighted by Gasteiger charge is 2.82. The van der Waals surface area contributed by atoms with Crippen molar-refractivity contribution in [3.8, 4) is 0 Å². The summed E-state index contributed by atoms with van der Waals surface area (Å²) in [4.78, 5) is 12.1. The lowest BCUT2D eigenvalue weighted by Gasteiger charge is -2.41. The second-order valence-corrected chi connectivity index (χ2v) is 8.39. The molecule has 4 nitrogen and oxygen atoms in total. The minimum atomic E-state index is -7.22. The summed E-state index contributed by atoms with van der Waals surface area (Å²) in [5, 5.41) is 9.14. The van der Waals surface area contributed by atoms with E-state index in [9.17, 15) is 83.8 Å². The highest BCUT2D eigenvalue weighted by molar-refractivity contribution is 5.74. The first-order valence-corrected chi connectivity index (χ1v) is 10.1. The number of nitrogens with zero attached hydrogens (tertiary/aromatic N) is 2. The first-order chi connectivity index (χ1) is 17.0. The summed E-state index contributed by atoms with van der Waals surface area (Å²) in [6.07, 6.45) is -19.1. The van der Waals surface area contributed by atoms with Crippen LogP contribution in [0.25, 0.3) is 0 Å². The molecule has 232 valence electrons. The summed E-state index contributed by atoms with van der Waals surface area (Å²) in [6, 6.07) is -2.18. The number of hydrogen-bond acceptors (Lipinski definition) is 3. The topological polar surface area (TPSA) is 43.8 Å². The van der Waals surface area contributed by atoms with Gasteiger partial charge in [-0.3, -0.25) is 14.6 Å². The van der Waals surface area contributed by atoms with E-state index in [0.29, 0.717) is 9.80 Å². The van der Waals surface area contributed by atoms with E-state index in [4.69, 9.17) is 5.11 Å². The van der Waals surface area contributed by atoms with Crippen LogP contribution in [-0.2, 0) is 4.79 Å². The molecule has 1 atom stereocenters. The molecule has 1 rings (SSSR count). The molecule has 0 aromatic heterocycles. The molecule has 1 saturated heterocycles. The van der Waals surface area contributed by atoms with Crippen LogP contribution in [0.1, 0.15) is 12.8 Å². The van der Waals surface area contributed by atoms with E-state index in [1.54, 1.807) is 0 Å². The number of carbonyl (C=O) groups is 1. The van der Waals surface area contributed by atoms with E-state index in [1.165, 1.54) is 0 Å². The number of rotatable bonds is 11. The molecule has 0 bridgehead atoms. The molecular weight excluding hydrogens is 606 g/mol. The average molecular weight is 622 g/mol. The lowest BCUT2D eigenvalue weighted by Crippen LogP contribution is -2.63. The minimum Gasteiger partial charge on any atom is -0.480 e. The molecule has 0 aliphatic carbocycles. The Morgan fingerprint density at radius 2 is 0.949 bits per heavy atom. The van der Waals surface area contributed by atoms with Crippen molar-refractivity contribution in [1.29, 1.82) is 0 Å². The largest absolute Gasteiger partial charge is 0.480 e. The van der Waals surface area contributed by atoms with Crippen LogP contribution >= 0.6 is 0 Å². The van der Waals surface area contributed by atoms with Gasteiger partial charge in [-0.1, -0.05) is 0 Å². The van der Waals surface area contributed by atoms with Gasteiger partial charge in [0.15, 0.2) is 0 Å².